The SMILES string of the molecule is COc1nc(Cn2cccn2)cc2onc(NS(=O)(=O)c3ccc(C#CC4CC4)c4ccoc34)c12. The Morgan fingerprint density at radius 1 is 1.29 bits per heavy atom. The van der Waals surface area contributed by atoms with Crippen molar-refractivity contribution in [1.29, 1.82) is 0 Å². The minimum Gasteiger partial charge on any atom is -0.480 e. The fourth-order valence-electron chi connectivity index (χ4n) is 3.78. The maximum absolute atomic E-state index is 13.4. The predicted molar refractivity (Wildman–Crippen MR) is 126 cm³/mol. The first-order chi connectivity index (χ1) is 17.0. The van der Waals surface area contributed by atoms with E-state index in [1.165, 1.54) is 19.4 Å². The molecule has 0 spiro atoms. The van der Waals surface area contributed by atoms with E-state index in [0.29, 0.717) is 34.5 Å². The van der Waals surface area contributed by atoms with Crippen molar-refractivity contribution in [3.05, 3.63) is 60.2 Å². The Morgan fingerprint density at radius 2 is 2.17 bits per heavy atom. The molecule has 6 rings (SSSR count). The second kappa shape index (κ2) is 8.18. The van der Waals surface area contributed by atoms with E-state index >= 15 is 0 Å². The maximum atomic E-state index is 13.4. The van der Waals surface area contributed by atoms with Gasteiger partial charge in [0.1, 0.15) is 10.3 Å². The summed E-state index contributed by atoms with van der Waals surface area (Å²) in [5.74, 6) is 6.90. The number of sulfonamides is 1. The number of aromatic nitrogens is 4. The van der Waals surface area contributed by atoms with Crippen molar-refractivity contribution in [2.24, 2.45) is 5.92 Å². The van der Waals surface area contributed by atoms with E-state index in [-0.39, 0.29) is 22.2 Å². The van der Waals surface area contributed by atoms with Gasteiger partial charge in [0.2, 0.25) is 5.88 Å². The third-order valence-electron chi connectivity index (χ3n) is 5.64. The molecule has 10 nitrogen and oxygen atoms in total. The number of anilines is 1. The van der Waals surface area contributed by atoms with Gasteiger partial charge in [-0.3, -0.25) is 9.40 Å². The average Bonchev–Trinajstić information content (AvgIpc) is 3.19. The van der Waals surface area contributed by atoms with Gasteiger partial charge in [-0.15, -0.1) is 0 Å². The molecule has 0 aliphatic heterocycles. The van der Waals surface area contributed by atoms with Crippen molar-refractivity contribution in [2.45, 2.75) is 24.3 Å². The minimum atomic E-state index is -4.09. The Bertz CT molecular complexity index is 1720. The summed E-state index contributed by atoms with van der Waals surface area (Å²) < 4.78 is 47.3. The summed E-state index contributed by atoms with van der Waals surface area (Å²) in [5, 5.41) is 9.04. The van der Waals surface area contributed by atoms with Crippen LogP contribution in [-0.2, 0) is 16.6 Å². The van der Waals surface area contributed by atoms with Crippen LogP contribution >= 0.6 is 0 Å². The van der Waals surface area contributed by atoms with Crippen molar-refractivity contribution in [3.8, 4) is 17.7 Å². The zero-order valence-corrected chi connectivity index (χ0v) is 19.4. The molecule has 0 bridgehead atoms. The molecular weight excluding hydrogens is 470 g/mol. The van der Waals surface area contributed by atoms with Crippen LogP contribution in [0.1, 0.15) is 24.1 Å². The Labute approximate surface area is 199 Å². The van der Waals surface area contributed by atoms with Crippen molar-refractivity contribution in [3.63, 3.8) is 0 Å². The molecule has 1 fully saturated rings. The van der Waals surface area contributed by atoms with E-state index in [1.54, 1.807) is 41.3 Å². The first-order valence-electron chi connectivity index (χ1n) is 10.9. The Balaban J connectivity index is 1.36. The standard InChI is InChI=1S/C24H19N5O5S/c1-32-24-21-19(13-17(26-24)14-29-11-2-10-25-29)34-27-23(21)28-35(30,31)20-8-7-16(6-5-15-3-4-15)18-9-12-33-22(18)20/h2,7-13,15H,3-4,14H2,1H3,(H,27,28). The molecule has 1 saturated carbocycles. The lowest BCUT2D eigenvalue weighted by Crippen LogP contribution is -2.14. The monoisotopic (exact) mass is 489 g/mol. The van der Waals surface area contributed by atoms with E-state index in [2.05, 4.69) is 31.8 Å². The molecule has 11 heteroatoms. The quantitative estimate of drug-likeness (QED) is 0.357. The molecule has 1 N–H and O–H groups in total. The zero-order chi connectivity index (χ0) is 24.0. The summed E-state index contributed by atoms with van der Waals surface area (Å²) in [6.45, 7) is 0.382. The lowest BCUT2D eigenvalue weighted by molar-refractivity contribution is 0.400. The molecule has 1 aromatic carbocycles. The number of hydrogen-bond donors (Lipinski definition) is 1. The second-order valence-electron chi connectivity index (χ2n) is 8.15. The second-order valence-corrected chi connectivity index (χ2v) is 9.81. The van der Waals surface area contributed by atoms with Crippen LogP contribution in [0, 0.1) is 17.8 Å². The van der Waals surface area contributed by atoms with Crippen LogP contribution in [0.4, 0.5) is 5.82 Å². The minimum absolute atomic E-state index is 0.0344. The molecule has 1 aliphatic rings. The van der Waals surface area contributed by atoms with Gasteiger partial charge in [0.15, 0.2) is 17.0 Å². The van der Waals surface area contributed by atoms with Gasteiger partial charge in [-0.25, -0.2) is 13.4 Å². The van der Waals surface area contributed by atoms with Crippen LogP contribution in [0.3, 0.4) is 0 Å². The number of ether oxygens (including phenoxy) is 1. The fourth-order valence-corrected chi connectivity index (χ4v) is 4.94. The maximum Gasteiger partial charge on any atom is 0.266 e. The van der Waals surface area contributed by atoms with Gasteiger partial charge in [0.25, 0.3) is 10.0 Å². The van der Waals surface area contributed by atoms with E-state index in [0.717, 1.165) is 18.4 Å². The summed E-state index contributed by atoms with van der Waals surface area (Å²) in [4.78, 5) is 4.44. The van der Waals surface area contributed by atoms with Gasteiger partial charge in [-0.1, -0.05) is 17.0 Å². The molecule has 5 aromatic rings. The summed E-state index contributed by atoms with van der Waals surface area (Å²) in [7, 11) is -2.65. The highest BCUT2D eigenvalue weighted by atomic mass is 32.2. The lowest BCUT2D eigenvalue weighted by atomic mass is 10.1. The van der Waals surface area contributed by atoms with Gasteiger partial charge in [0, 0.05) is 35.3 Å². The summed E-state index contributed by atoms with van der Waals surface area (Å²) in [6, 6.07) is 8.35. The Kier molecular flexibility index (Phi) is 4.96. The average molecular weight is 490 g/mol. The molecule has 0 amide bonds. The summed E-state index contributed by atoms with van der Waals surface area (Å²) in [5.41, 5.74) is 1.89. The molecule has 4 heterocycles. The van der Waals surface area contributed by atoms with Crippen molar-refractivity contribution < 1.29 is 22.1 Å². The smallest absolute Gasteiger partial charge is 0.266 e. The van der Waals surface area contributed by atoms with Crippen LogP contribution in [0.25, 0.3) is 21.9 Å². The molecule has 1 aliphatic carbocycles. The van der Waals surface area contributed by atoms with Gasteiger partial charge in [0.05, 0.1) is 25.6 Å². The van der Waals surface area contributed by atoms with Crippen molar-refractivity contribution >= 4 is 37.8 Å². The number of nitrogens with one attached hydrogen (secondary N) is 1. The largest absolute Gasteiger partial charge is 0.480 e. The van der Waals surface area contributed by atoms with Crippen molar-refractivity contribution in [1.82, 2.24) is 19.9 Å². The third kappa shape index (κ3) is 3.98. The molecule has 35 heavy (non-hydrogen) atoms. The first kappa shape index (κ1) is 21.2. The Hall–Kier alpha value is -4.30. The van der Waals surface area contributed by atoms with Crippen LogP contribution in [-0.4, -0.2) is 35.4 Å². The van der Waals surface area contributed by atoms with Crippen LogP contribution in [0.15, 0.2) is 62.8 Å². The highest BCUT2D eigenvalue weighted by molar-refractivity contribution is 7.93. The number of benzene rings is 1. The summed E-state index contributed by atoms with van der Waals surface area (Å²) in [6.07, 6.45) is 7.13. The van der Waals surface area contributed by atoms with E-state index in [9.17, 15) is 8.42 Å². The van der Waals surface area contributed by atoms with E-state index in [1.807, 2.05) is 0 Å². The molecule has 0 unspecified atom stereocenters. The number of fused-ring (bicyclic) bond motifs is 2. The number of furan rings is 1. The first-order valence-corrected chi connectivity index (χ1v) is 12.4. The highest BCUT2D eigenvalue weighted by Crippen LogP contribution is 2.34. The third-order valence-corrected chi connectivity index (χ3v) is 7.00. The topological polar surface area (TPSA) is 125 Å². The molecule has 0 saturated heterocycles. The van der Waals surface area contributed by atoms with Crippen LogP contribution < -0.4 is 9.46 Å². The molecule has 4 aromatic heterocycles. The lowest BCUT2D eigenvalue weighted by Gasteiger charge is -2.09. The summed E-state index contributed by atoms with van der Waals surface area (Å²) >= 11 is 0. The molecule has 176 valence electrons. The number of rotatable bonds is 6. The van der Waals surface area contributed by atoms with E-state index in [4.69, 9.17) is 13.7 Å². The normalized spacial score (nSPS) is 13.6. The predicted octanol–water partition coefficient (Wildman–Crippen LogP) is 3.78. The van der Waals surface area contributed by atoms with Gasteiger partial charge in [-0.2, -0.15) is 5.10 Å². The van der Waals surface area contributed by atoms with Gasteiger partial charge in [-0.05, 0) is 37.1 Å². The Morgan fingerprint density at radius 3 is 2.94 bits per heavy atom. The highest BCUT2D eigenvalue weighted by Gasteiger charge is 2.26. The number of nitrogens with zero attached hydrogens (tertiary/aromatic N) is 4. The number of methoxy groups -OCH3 is 1. The van der Waals surface area contributed by atoms with Gasteiger partial charge < -0.3 is 13.7 Å². The van der Waals surface area contributed by atoms with Gasteiger partial charge >= 0.3 is 0 Å². The number of hydrogen-bond acceptors (Lipinski definition) is 8. The molecule has 0 atom stereocenters. The zero-order valence-electron chi connectivity index (χ0n) is 18.6. The molecular formula is C24H19N5O5S. The van der Waals surface area contributed by atoms with Crippen molar-refractivity contribution in [2.75, 3.05) is 11.8 Å². The van der Waals surface area contributed by atoms with E-state index < -0.39 is 10.0 Å². The van der Waals surface area contributed by atoms with Crippen LogP contribution in [0.2, 0.25) is 0 Å². The molecule has 0 radical (unpaired) electrons. The van der Waals surface area contributed by atoms with Crippen LogP contribution in [0.5, 0.6) is 5.88 Å². The fraction of sp³-hybridized carbons (Fsp3) is 0.208. The number of pyridine rings is 1.